The van der Waals surface area contributed by atoms with Crippen molar-refractivity contribution in [3.8, 4) is 0 Å². The van der Waals surface area contributed by atoms with Gasteiger partial charge in [0.2, 0.25) is 0 Å². The first-order chi connectivity index (χ1) is 7.67. The van der Waals surface area contributed by atoms with Crippen LogP contribution in [0.2, 0.25) is 0 Å². The van der Waals surface area contributed by atoms with Crippen molar-refractivity contribution in [2.75, 3.05) is 18.6 Å². The normalized spacial score (nSPS) is 12.6. The van der Waals surface area contributed by atoms with E-state index in [1.807, 2.05) is 13.2 Å². The Morgan fingerprint density at radius 2 is 2.25 bits per heavy atom. The van der Waals surface area contributed by atoms with E-state index in [0.29, 0.717) is 12.3 Å². The van der Waals surface area contributed by atoms with Gasteiger partial charge in [-0.05, 0) is 12.8 Å². The number of thioether (sulfide) groups is 2. The van der Waals surface area contributed by atoms with E-state index in [2.05, 4.69) is 15.5 Å². The van der Waals surface area contributed by atoms with Crippen molar-refractivity contribution in [2.24, 2.45) is 0 Å². The van der Waals surface area contributed by atoms with Crippen LogP contribution in [0.1, 0.15) is 6.92 Å². The van der Waals surface area contributed by atoms with Gasteiger partial charge in [0.1, 0.15) is 6.04 Å². The van der Waals surface area contributed by atoms with Gasteiger partial charge in [0.15, 0.2) is 8.68 Å². The van der Waals surface area contributed by atoms with Gasteiger partial charge in [-0.2, -0.15) is 0 Å². The van der Waals surface area contributed by atoms with Crippen LogP contribution in [0, 0.1) is 0 Å². The van der Waals surface area contributed by atoms with Crippen molar-refractivity contribution >= 4 is 40.8 Å². The molecule has 0 amide bonds. The average Bonchev–Trinajstić information content (AvgIpc) is 2.71. The van der Waals surface area contributed by atoms with Gasteiger partial charge >= 0.3 is 5.97 Å². The van der Waals surface area contributed by atoms with Gasteiger partial charge in [-0.25, -0.2) is 0 Å². The fourth-order valence-corrected chi connectivity index (χ4v) is 3.46. The zero-order valence-electron chi connectivity index (χ0n) is 8.97. The smallest absolute Gasteiger partial charge is 0.321 e. The Hall–Kier alpha value is -0.310. The Morgan fingerprint density at radius 1 is 1.56 bits per heavy atom. The Morgan fingerprint density at radius 3 is 2.75 bits per heavy atom. The fraction of sp³-hybridized carbons (Fsp3) is 0.625. The third kappa shape index (κ3) is 4.28. The summed E-state index contributed by atoms with van der Waals surface area (Å²) < 4.78 is 1.71. The zero-order chi connectivity index (χ0) is 12.0. The van der Waals surface area contributed by atoms with Crippen LogP contribution in [0.5, 0.6) is 0 Å². The van der Waals surface area contributed by atoms with Crippen molar-refractivity contribution in [3.05, 3.63) is 0 Å². The lowest BCUT2D eigenvalue weighted by molar-refractivity contribution is -0.138. The molecule has 0 aromatic carbocycles. The summed E-state index contributed by atoms with van der Waals surface area (Å²) in [6.45, 7) is 2.53. The summed E-state index contributed by atoms with van der Waals surface area (Å²) in [6, 6.07) is -0.531. The summed E-state index contributed by atoms with van der Waals surface area (Å²) in [6.07, 6.45) is 1.94. The lowest BCUT2D eigenvalue weighted by Crippen LogP contribution is -2.38. The molecule has 0 bridgehead atoms. The topological polar surface area (TPSA) is 75.1 Å². The lowest BCUT2D eigenvalue weighted by atomic mass is 10.3. The molecule has 0 saturated heterocycles. The average molecular weight is 279 g/mol. The number of likely N-dealkylation sites (N-methyl/N-ethyl adjacent to an activating group) is 1. The molecule has 1 aromatic rings. The van der Waals surface area contributed by atoms with Crippen molar-refractivity contribution in [1.82, 2.24) is 15.5 Å². The maximum Gasteiger partial charge on any atom is 0.321 e. The number of aromatic nitrogens is 2. The van der Waals surface area contributed by atoms with E-state index in [1.165, 1.54) is 23.1 Å². The van der Waals surface area contributed by atoms with Crippen LogP contribution < -0.4 is 5.32 Å². The highest BCUT2D eigenvalue weighted by molar-refractivity contribution is 8.03. The standard InChI is InChI=1S/C8H13N3O2S3/c1-3-9-5(6(12)13)4-15-8-11-10-7(14-2)16-8/h5,9H,3-4H2,1-2H3,(H,12,13). The van der Waals surface area contributed by atoms with Crippen LogP contribution in [-0.4, -0.2) is 45.9 Å². The maximum atomic E-state index is 10.9. The lowest BCUT2D eigenvalue weighted by Gasteiger charge is -2.10. The van der Waals surface area contributed by atoms with Gasteiger partial charge in [0.25, 0.3) is 0 Å². The second kappa shape index (κ2) is 7.10. The van der Waals surface area contributed by atoms with E-state index < -0.39 is 12.0 Å². The van der Waals surface area contributed by atoms with Gasteiger partial charge in [0.05, 0.1) is 0 Å². The molecule has 0 saturated carbocycles. The first kappa shape index (κ1) is 13.8. The molecule has 16 heavy (non-hydrogen) atoms. The van der Waals surface area contributed by atoms with Gasteiger partial charge in [-0.3, -0.25) is 4.79 Å². The van der Waals surface area contributed by atoms with Crippen molar-refractivity contribution < 1.29 is 9.90 Å². The predicted octanol–water partition coefficient (Wildman–Crippen LogP) is 1.41. The molecule has 5 nitrogen and oxygen atoms in total. The number of hydrogen-bond acceptors (Lipinski definition) is 7. The third-order valence-corrected chi connectivity index (χ3v) is 4.81. The summed E-state index contributed by atoms with van der Waals surface area (Å²) in [5.74, 6) is -0.365. The summed E-state index contributed by atoms with van der Waals surface area (Å²) in [7, 11) is 0. The van der Waals surface area contributed by atoms with Crippen LogP contribution in [0.25, 0.3) is 0 Å². The van der Waals surface area contributed by atoms with E-state index >= 15 is 0 Å². The molecule has 0 aliphatic heterocycles. The van der Waals surface area contributed by atoms with Crippen molar-refractivity contribution in [2.45, 2.75) is 21.6 Å². The minimum atomic E-state index is -0.830. The fourth-order valence-electron chi connectivity index (χ4n) is 0.957. The molecule has 0 aliphatic carbocycles. The molecule has 1 aromatic heterocycles. The molecule has 2 N–H and O–H groups in total. The number of carboxylic acid groups (broad SMARTS) is 1. The van der Waals surface area contributed by atoms with Gasteiger partial charge in [-0.15, -0.1) is 10.2 Å². The molecular formula is C8H13N3O2S3. The van der Waals surface area contributed by atoms with E-state index in [0.717, 1.165) is 8.68 Å². The number of nitrogens with zero attached hydrogens (tertiary/aromatic N) is 2. The summed E-state index contributed by atoms with van der Waals surface area (Å²) in [5.41, 5.74) is 0. The first-order valence-electron chi connectivity index (χ1n) is 4.63. The highest BCUT2D eigenvalue weighted by atomic mass is 32.2. The molecule has 1 heterocycles. The minimum absolute atomic E-state index is 0.464. The summed E-state index contributed by atoms with van der Waals surface area (Å²) in [5, 5.41) is 19.7. The Labute approximate surface area is 106 Å². The number of nitrogens with one attached hydrogen (secondary N) is 1. The maximum absolute atomic E-state index is 10.9. The molecule has 0 spiro atoms. The molecule has 0 radical (unpaired) electrons. The van der Waals surface area contributed by atoms with E-state index in [4.69, 9.17) is 5.11 Å². The molecule has 90 valence electrons. The summed E-state index contributed by atoms with van der Waals surface area (Å²) >= 11 is 4.45. The third-order valence-electron chi connectivity index (χ3n) is 1.68. The second-order valence-electron chi connectivity index (χ2n) is 2.80. The van der Waals surface area contributed by atoms with Crippen LogP contribution in [0.15, 0.2) is 8.68 Å². The van der Waals surface area contributed by atoms with Gasteiger partial charge < -0.3 is 10.4 Å². The molecule has 0 fully saturated rings. The number of carbonyl (C=O) groups is 1. The Bertz CT molecular complexity index is 345. The quantitative estimate of drug-likeness (QED) is 0.731. The number of carboxylic acids is 1. The molecule has 1 unspecified atom stereocenters. The van der Waals surface area contributed by atoms with Crippen molar-refractivity contribution in [3.63, 3.8) is 0 Å². The molecule has 1 atom stereocenters. The number of hydrogen-bond donors (Lipinski definition) is 2. The molecule has 1 rings (SSSR count). The minimum Gasteiger partial charge on any atom is -0.480 e. The van der Waals surface area contributed by atoms with E-state index in [-0.39, 0.29) is 0 Å². The highest BCUT2D eigenvalue weighted by Crippen LogP contribution is 2.27. The van der Waals surface area contributed by atoms with Crippen LogP contribution >= 0.6 is 34.9 Å². The van der Waals surface area contributed by atoms with Gasteiger partial charge in [-0.1, -0.05) is 41.8 Å². The largest absolute Gasteiger partial charge is 0.480 e. The zero-order valence-corrected chi connectivity index (χ0v) is 11.4. The van der Waals surface area contributed by atoms with Crippen LogP contribution in [0.3, 0.4) is 0 Å². The number of aliphatic carboxylic acids is 1. The Balaban J connectivity index is 2.45. The molecular weight excluding hydrogens is 266 g/mol. The highest BCUT2D eigenvalue weighted by Gasteiger charge is 2.17. The predicted molar refractivity (Wildman–Crippen MR) is 67.5 cm³/mol. The molecule has 8 heteroatoms. The monoisotopic (exact) mass is 279 g/mol. The van der Waals surface area contributed by atoms with E-state index in [9.17, 15) is 4.79 Å². The van der Waals surface area contributed by atoms with Crippen LogP contribution in [0.4, 0.5) is 0 Å². The summed E-state index contributed by atoms with van der Waals surface area (Å²) in [4.78, 5) is 10.9. The van der Waals surface area contributed by atoms with Gasteiger partial charge in [0, 0.05) is 5.75 Å². The number of rotatable bonds is 7. The second-order valence-corrected chi connectivity index (χ2v) is 6.10. The first-order valence-corrected chi connectivity index (χ1v) is 7.66. The van der Waals surface area contributed by atoms with E-state index in [1.54, 1.807) is 11.8 Å². The SMILES string of the molecule is CCNC(CSc1nnc(SC)s1)C(=O)O. The Kier molecular flexibility index (Phi) is 6.10. The van der Waals surface area contributed by atoms with Crippen LogP contribution in [-0.2, 0) is 4.79 Å². The van der Waals surface area contributed by atoms with Crippen molar-refractivity contribution in [1.29, 1.82) is 0 Å². The molecule has 0 aliphatic rings.